The molecule has 3 unspecified atom stereocenters. The number of nitrogens with zero attached hydrogens (tertiary/aromatic N) is 4. The van der Waals surface area contributed by atoms with Crippen LogP contribution in [-0.4, -0.2) is 67.6 Å². The van der Waals surface area contributed by atoms with E-state index < -0.39 is 24.9 Å². The first-order chi connectivity index (χ1) is 9.29. The van der Waals surface area contributed by atoms with Crippen LogP contribution in [0.4, 0.5) is 0 Å². The van der Waals surface area contributed by atoms with Gasteiger partial charge in [0.1, 0.15) is 24.0 Å². The fraction of sp³-hybridized carbons (Fsp3) is 0.500. The van der Waals surface area contributed by atoms with Crippen molar-refractivity contribution in [2.45, 2.75) is 18.3 Å². The first-order valence-electron chi connectivity index (χ1n) is 5.06. The summed E-state index contributed by atoms with van der Waals surface area (Å²) in [5.41, 5.74) is 9.84. The Kier molecular flexibility index (Phi) is 12.5. The molecule has 123 valence electrons. The minimum atomic E-state index is -1.74. The largest absolute Gasteiger partial charge is 2.00 e. The van der Waals surface area contributed by atoms with Crippen molar-refractivity contribution >= 4 is 47.5 Å². The molecule has 0 fully saturated rings. The van der Waals surface area contributed by atoms with Crippen LogP contribution in [0.5, 0.6) is 0 Å². The van der Waals surface area contributed by atoms with Gasteiger partial charge in [0, 0.05) is 0 Å². The van der Waals surface area contributed by atoms with Crippen molar-refractivity contribution in [3.05, 3.63) is 0 Å². The molecule has 0 aromatic heterocycles. The second kappa shape index (κ2) is 11.7. The number of hydrogen-bond donors (Lipinski definition) is 6. The molecule has 0 aromatic rings. The number of amidine groups is 2. The molecule has 8 N–H and O–H groups in total. The van der Waals surface area contributed by atoms with E-state index >= 15 is 0 Å². The van der Waals surface area contributed by atoms with E-state index in [0.29, 0.717) is 0 Å². The third-order valence-corrected chi connectivity index (χ3v) is 1.98. The number of rotatable bonds is 7. The van der Waals surface area contributed by atoms with E-state index in [1.54, 1.807) is 0 Å². The molecule has 0 aliphatic rings. The molecule has 13 heteroatoms. The monoisotopic (exact) mass is 385 g/mol. The minimum absolute atomic E-state index is 0. The van der Waals surface area contributed by atoms with E-state index in [4.69, 9.17) is 16.6 Å². The molecule has 10 nitrogen and oxygen atoms in total. The fourth-order valence-corrected chi connectivity index (χ4v) is 0.995. The van der Waals surface area contributed by atoms with Gasteiger partial charge in [-0.05, 0) is 10.3 Å². The van der Waals surface area contributed by atoms with Gasteiger partial charge in [-0.15, -0.1) is 0 Å². The van der Waals surface area contributed by atoms with Gasteiger partial charge in [0.25, 0.3) is 0 Å². The average Bonchev–Trinajstić information content (AvgIpc) is 2.39. The average molecular weight is 386 g/mol. The molecule has 0 saturated heterocycles. The molecule has 0 aliphatic heterocycles. The molecule has 0 aromatic carbocycles. The molecule has 0 amide bonds. The summed E-state index contributed by atoms with van der Waals surface area (Å²) < 4.78 is 0. The van der Waals surface area contributed by atoms with Crippen LogP contribution < -0.4 is 11.5 Å². The number of aliphatic hydroxyl groups is 4. The topological polar surface area (TPSA) is 182 Å². The molecule has 0 spiro atoms. The van der Waals surface area contributed by atoms with Crippen molar-refractivity contribution in [3.8, 4) is 0 Å². The van der Waals surface area contributed by atoms with E-state index in [2.05, 4.69) is 45.7 Å². The first kappa shape index (κ1) is 22.4. The summed E-state index contributed by atoms with van der Waals surface area (Å²) in [6.45, 7) is -0.771. The van der Waals surface area contributed by atoms with Crippen LogP contribution in [0.25, 0.3) is 0 Å². The number of aliphatic hydroxyl groups excluding tert-OH is 4. The van der Waals surface area contributed by atoms with Gasteiger partial charge < -0.3 is 57.2 Å². The van der Waals surface area contributed by atoms with Crippen molar-refractivity contribution in [2.75, 3.05) is 6.61 Å². The smallest absolute Gasteiger partial charge is 0.741 e. The zero-order chi connectivity index (χ0) is 15.7. The van der Waals surface area contributed by atoms with Crippen LogP contribution in [0.2, 0.25) is 0 Å². The van der Waals surface area contributed by atoms with Gasteiger partial charge in [-0.1, -0.05) is 0 Å². The Hall–Kier alpha value is -0.921. The molecule has 0 heterocycles. The van der Waals surface area contributed by atoms with Gasteiger partial charge >= 0.3 is 17.1 Å². The zero-order valence-electron chi connectivity index (χ0n) is 10.4. The Bertz CT molecular complexity index is 425. The fourth-order valence-electron chi connectivity index (χ4n) is 0.907. The van der Waals surface area contributed by atoms with Crippen LogP contribution in [-0.2, 0) is 42.3 Å². The Morgan fingerprint density at radius 1 is 1.05 bits per heavy atom. The van der Waals surface area contributed by atoms with Gasteiger partial charge in [0.05, 0.1) is 12.8 Å². The second-order valence-corrected chi connectivity index (χ2v) is 4.17. The summed E-state index contributed by atoms with van der Waals surface area (Å²) in [5, 5.41) is 50.0. The van der Waals surface area contributed by atoms with Gasteiger partial charge in [-0.3, -0.25) is 0 Å². The van der Waals surface area contributed by atoms with Gasteiger partial charge in [-0.25, -0.2) is 0 Å². The van der Waals surface area contributed by atoms with Crippen molar-refractivity contribution in [3.63, 3.8) is 0 Å². The Morgan fingerprint density at radius 2 is 1.57 bits per heavy atom. The third-order valence-electron chi connectivity index (χ3n) is 1.82. The first-order valence-corrected chi connectivity index (χ1v) is 5.87. The summed E-state index contributed by atoms with van der Waals surface area (Å²) in [6, 6.07) is 0. The van der Waals surface area contributed by atoms with E-state index in [1.165, 1.54) is 0 Å². The van der Waals surface area contributed by atoms with Crippen molar-refractivity contribution in [2.24, 2.45) is 31.9 Å². The third kappa shape index (κ3) is 9.60. The Labute approximate surface area is 142 Å². The normalized spacial score (nSPS) is 18.2. The predicted octanol–water partition coefficient (Wildman–Crippen LogP) is -3.88. The maximum atomic E-state index is 9.76. The summed E-state index contributed by atoms with van der Waals surface area (Å²) in [7, 11) is 0. The minimum Gasteiger partial charge on any atom is -0.741 e. The summed E-state index contributed by atoms with van der Waals surface area (Å²) in [5.74, 6) is 0. The molecule has 0 saturated carbocycles. The number of nitrogens with two attached hydrogens (primary N) is 2. The van der Waals surface area contributed by atoms with E-state index in [9.17, 15) is 15.3 Å². The van der Waals surface area contributed by atoms with Crippen LogP contribution in [0.3, 0.4) is 0 Å². The summed E-state index contributed by atoms with van der Waals surface area (Å²) in [4.78, 5) is 0. The molecule has 0 aliphatic carbocycles. The van der Waals surface area contributed by atoms with Gasteiger partial charge in [-0.2, -0.15) is 20.4 Å². The number of hydrogen-bond acceptors (Lipinski definition) is 10. The molecular weight excluding hydrogens is 372 g/mol. The van der Waals surface area contributed by atoms with Gasteiger partial charge in [0.2, 0.25) is 0 Å². The predicted molar refractivity (Wildman–Crippen MR) is 79.0 cm³/mol. The SMILES string of the molecule is N/C([S-])=N/N=C(/C=N/N=C(/N)[S-])C(O)C(O)C(O)CO.[Cu+2]. The molecule has 0 bridgehead atoms. The van der Waals surface area contributed by atoms with Crippen LogP contribution in [0, 0.1) is 0 Å². The maximum Gasteiger partial charge on any atom is 2.00 e. The molecular formula is C8H14CuN6O4S2. The molecule has 1 radical (unpaired) electrons. The molecule has 0 rings (SSSR count). The van der Waals surface area contributed by atoms with Crippen LogP contribution in [0.15, 0.2) is 20.4 Å². The van der Waals surface area contributed by atoms with Crippen LogP contribution in [0.1, 0.15) is 0 Å². The van der Waals surface area contributed by atoms with Crippen molar-refractivity contribution in [1.82, 2.24) is 0 Å². The summed E-state index contributed by atoms with van der Waals surface area (Å²) >= 11 is 8.90. The molecule has 3 atom stereocenters. The second-order valence-electron chi connectivity index (χ2n) is 3.33. The van der Waals surface area contributed by atoms with Gasteiger partial charge in [0.15, 0.2) is 0 Å². The molecule has 21 heavy (non-hydrogen) atoms. The quantitative estimate of drug-likeness (QED) is 0.0845. The maximum absolute atomic E-state index is 9.76. The van der Waals surface area contributed by atoms with E-state index in [-0.39, 0.29) is 33.1 Å². The Morgan fingerprint density at radius 3 is 2.00 bits per heavy atom. The zero-order valence-corrected chi connectivity index (χ0v) is 12.9. The Balaban J connectivity index is 0. The van der Waals surface area contributed by atoms with Crippen molar-refractivity contribution < 1.29 is 37.5 Å². The summed E-state index contributed by atoms with van der Waals surface area (Å²) in [6.07, 6.45) is -4.17. The standard InChI is InChI=1S/C8H16N6O4S2.Cu/c9-7(19)13-11-1-3(12-14-8(10)20)5(17)6(18)4(16)2-15;/h1,4-6,15-18H,2H2,(H3,9,13,19)(H3,10,14,20);/q;+2/p-2/b11-1+,12-3-;. The van der Waals surface area contributed by atoms with E-state index in [1.807, 2.05) is 0 Å². The van der Waals surface area contributed by atoms with Crippen molar-refractivity contribution in [1.29, 1.82) is 0 Å². The van der Waals surface area contributed by atoms with Crippen LogP contribution >= 0.6 is 0 Å². The van der Waals surface area contributed by atoms with E-state index in [0.717, 1.165) is 6.21 Å².